The van der Waals surface area contributed by atoms with Crippen molar-refractivity contribution in [3.05, 3.63) is 58.3 Å². The Bertz CT molecular complexity index is 1320. The number of anilines is 1. The predicted octanol–water partition coefficient (Wildman–Crippen LogP) is 5.71. The van der Waals surface area contributed by atoms with Crippen LogP contribution in [0.4, 0.5) is 5.95 Å². The molecule has 218 valence electrons. The molecule has 0 saturated carbocycles. The van der Waals surface area contributed by atoms with E-state index >= 15 is 0 Å². The molecule has 11 heteroatoms. The summed E-state index contributed by atoms with van der Waals surface area (Å²) in [6.07, 6.45) is 6.08. The Hall–Kier alpha value is -2.98. The molecule has 1 aromatic carbocycles. The van der Waals surface area contributed by atoms with Crippen LogP contribution in [0.3, 0.4) is 0 Å². The van der Waals surface area contributed by atoms with E-state index in [-0.39, 0.29) is 5.92 Å². The second kappa shape index (κ2) is 13.3. The zero-order valence-corrected chi connectivity index (χ0v) is 25.0. The first-order valence-electron chi connectivity index (χ1n) is 14.1. The number of piperidine rings is 1. The van der Waals surface area contributed by atoms with Crippen LogP contribution >= 0.6 is 23.2 Å². The molecule has 1 atom stereocenters. The minimum atomic E-state index is -0.718. The van der Waals surface area contributed by atoms with E-state index in [9.17, 15) is 9.90 Å². The third-order valence-corrected chi connectivity index (χ3v) is 8.30. The number of carboxylic acids is 1. The summed E-state index contributed by atoms with van der Waals surface area (Å²) in [5.41, 5.74) is 2.56. The maximum absolute atomic E-state index is 11.3. The maximum Gasteiger partial charge on any atom is 0.306 e. The quantitative estimate of drug-likeness (QED) is 0.332. The Labute approximate surface area is 251 Å². The van der Waals surface area contributed by atoms with Crippen LogP contribution in [0.2, 0.25) is 10.0 Å². The third-order valence-electron chi connectivity index (χ3n) is 7.86. The standard InChI is InChI=1S/C30H36Cl2N6O3/c1-20(29(39)40)11-21-3-5-37(6-4-21)19-22-12-27(23-14-24(31)16-25(32)15-23)35-28(13-22)41-26-17-33-30(34-18-26)38-9-7-36(2)8-10-38/h12-18,20-21H,3-11,19H2,1-2H3,(H,39,40)/t20-/m0/s1. The van der Waals surface area contributed by atoms with E-state index in [1.807, 2.05) is 24.3 Å². The number of aliphatic carboxylic acids is 1. The Morgan fingerprint density at radius 1 is 1.00 bits per heavy atom. The number of nitrogens with zero attached hydrogens (tertiary/aromatic N) is 6. The molecule has 9 nitrogen and oxygen atoms in total. The molecular weight excluding hydrogens is 563 g/mol. The van der Waals surface area contributed by atoms with Crippen LogP contribution in [0.1, 0.15) is 31.7 Å². The minimum Gasteiger partial charge on any atom is -0.481 e. The number of ether oxygens (including phenoxy) is 1. The summed E-state index contributed by atoms with van der Waals surface area (Å²) in [6.45, 7) is 8.08. The van der Waals surface area contributed by atoms with Gasteiger partial charge in [-0.3, -0.25) is 9.69 Å². The lowest BCUT2D eigenvalue weighted by atomic mass is 9.88. The van der Waals surface area contributed by atoms with Crippen molar-refractivity contribution in [3.8, 4) is 22.9 Å². The van der Waals surface area contributed by atoms with E-state index in [0.29, 0.717) is 39.2 Å². The van der Waals surface area contributed by atoms with Crippen molar-refractivity contribution in [3.63, 3.8) is 0 Å². The van der Waals surface area contributed by atoms with Crippen LogP contribution < -0.4 is 9.64 Å². The molecule has 0 radical (unpaired) electrons. The number of rotatable bonds is 9. The van der Waals surface area contributed by atoms with Crippen molar-refractivity contribution in [1.29, 1.82) is 0 Å². The average molecular weight is 600 g/mol. The smallest absolute Gasteiger partial charge is 0.306 e. The molecule has 2 saturated heterocycles. The zero-order valence-electron chi connectivity index (χ0n) is 23.5. The third kappa shape index (κ3) is 8.07. The van der Waals surface area contributed by atoms with E-state index in [0.717, 1.165) is 76.2 Å². The van der Waals surface area contributed by atoms with E-state index in [4.69, 9.17) is 32.9 Å². The highest BCUT2D eigenvalue weighted by molar-refractivity contribution is 6.35. The summed E-state index contributed by atoms with van der Waals surface area (Å²) in [5.74, 6) is 1.06. The van der Waals surface area contributed by atoms with E-state index in [2.05, 4.69) is 31.7 Å². The Balaban J connectivity index is 1.32. The number of piperazine rings is 1. The van der Waals surface area contributed by atoms with Gasteiger partial charge in [-0.2, -0.15) is 0 Å². The highest BCUT2D eigenvalue weighted by Gasteiger charge is 2.24. The highest BCUT2D eigenvalue weighted by atomic mass is 35.5. The van der Waals surface area contributed by atoms with Crippen LogP contribution in [0, 0.1) is 11.8 Å². The molecule has 4 heterocycles. The van der Waals surface area contributed by atoms with Crippen LogP contribution in [-0.4, -0.2) is 82.1 Å². The van der Waals surface area contributed by atoms with Gasteiger partial charge in [0.2, 0.25) is 11.8 Å². The minimum absolute atomic E-state index is 0.307. The molecule has 0 amide bonds. The van der Waals surface area contributed by atoms with E-state index in [1.54, 1.807) is 25.4 Å². The molecule has 3 aromatic rings. The number of hydrogen-bond donors (Lipinski definition) is 1. The molecule has 1 N–H and O–H groups in total. The predicted molar refractivity (Wildman–Crippen MR) is 161 cm³/mol. The fourth-order valence-electron chi connectivity index (χ4n) is 5.44. The molecule has 41 heavy (non-hydrogen) atoms. The Morgan fingerprint density at radius 2 is 1.66 bits per heavy atom. The van der Waals surface area contributed by atoms with Crippen LogP contribution in [0.15, 0.2) is 42.7 Å². The SMILES string of the molecule is C[C@@H](CC1CCN(Cc2cc(Oc3cnc(N4CCN(C)CC4)nc3)nc(-c3cc(Cl)cc(Cl)c3)c2)CC1)C(=O)O. The summed E-state index contributed by atoms with van der Waals surface area (Å²) in [6, 6.07) is 9.37. The highest BCUT2D eigenvalue weighted by Crippen LogP contribution is 2.31. The van der Waals surface area contributed by atoms with Crippen molar-refractivity contribution < 1.29 is 14.6 Å². The van der Waals surface area contributed by atoms with Gasteiger partial charge in [0.25, 0.3) is 0 Å². The molecule has 0 unspecified atom stereocenters. The fourth-order valence-corrected chi connectivity index (χ4v) is 5.97. The lowest BCUT2D eigenvalue weighted by Crippen LogP contribution is -2.45. The van der Waals surface area contributed by atoms with Crippen LogP contribution in [-0.2, 0) is 11.3 Å². The topological polar surface area (TPSA) is 94.9 Å². The van der Waals surface area contributed by atoms with Crippen molar-refractivity contribution in [2.24, 2.45) is 11.8 Å². The number of halogens is 2. The van der Waals surface area contributed by atoms with Gasteiger partial charge in [0, 0.05) is 54.4 Å². The second-order valence-electron chi connectivity index (χ2n) is 11.2. The van der Waals surface area contributed by atoms with E-state index < -0.39 is 5.97 Å². The monoisotopic (exact) mass is 598 g/mol. The Kier molecular flexibility index (Phi) is 9.60. The molecule has 0 spiro atoms. The van der Waals surface area contributed by atoms with Gasteiger partial charge in [0.15, 0.2) is 5.75 Å². The number of pyridine rings is 1. The average Bonchev–Trinajstić information content (AvgIpc) is 2.94. The van der Waals surface area contributed by atoms with Crippen molar-refractivity contribution in [2.45, 2.75) is 32.7 Å². The molecule has 0 bridgehead atoms. The number of hydrogen-bond acceptors (Lipinski definition) is 8. The first kappa shape index (κ1) is 29.5. The van der Waals surface area contributed by atoms with Gasteiger partial charge >= 0.3 is 5.97 Å². The summed E-state index contributed by atoms with van der Waals surface area (Å²) in [4.78, 5) is 32.0. The normalized spacial score (nSPS) is 17.9. The summed E-state index contributed by atoms with van der Waals surface area (Å²) in [5, 5.41) is 10.3. The largest absolute Gasteiger partial charge is 0.481 e. The van der Waals surface area contributed by atoms with Gasteiger partial charge < -0.3 is 19.6 Å². The first-order chi connectivity index (χ1) is 19.7. The lowest BCUT2D eigenvalue weighted by molar-refractivity contribution is -0.141. The molecule has 5 rings (SSSR count). The van der Waals surface area contributed by atoms with Gasteiger partial charge in [0.1, 0.15) is 0 Å². The van der Waals surface area contributed by atoms with Gasteiger partial charge in [-0.15, -0.1) is 0 Å². The fraction of sp³-hybridized carbons (Fsp3) is 0.467. The van der Waals surface area contributed by atoms with Gasteiger partial charge in [-0.05, 0) is 75.1 Å². The molecule has 2 fully saturated rings. The zero-order chi connectivity index (χ0) is 28.9. The van der Waals surface area contributed by atoms with Crippen molar-refractivity contribution in [1.82, 2.24) is 24.8 Å². The van der Waals surface area contributed by atoms with Gasteiger partial charge in [-0.25, -0.2) is 15.0 Å². The van der Waals surface area contributed by atoms with Gasteiger partial charge in [0.05, 0.1) is 24.0 Å². The molecule has 2 aromatic heterocycles. The second-order valence-corrected chi connectivity index (χ2v) is 12.0. The van der Waals surface area contributed by atoms with Crippen LogP contribution in [0.25, 0.3) is 11.3 Å². The molecular formula is C30H36Cl2N6O3. The first-order valence-corrected chi connectivity index (χ1v) is 14.8. The summed E-state index contributed by atoms with van der Waals surface area (Å²) < 4.78 is 6.17. The lowest BCUT2D eigenvalue weighted by Gasteiger charge is -2.32. The van der Waals surface area contributed by atoms with Gasteiger partial charge in [-0.1, -0.05) is 30.1 Å². The number of aromatic nitrogens is 3. The number of carbonyl (C=O) groups is 1. The van der Waals surface area contributed by atoms with E-state index in [1.165, 1.54) is 0 Å². The summed E-state index contributed by atoms with van der Waals surface area (Å²) >= 11 is 12.6. The number of benzene rings is 1. The van der Waals surface area contributed by atoms with Crippen LogP contribution in [0.5, 0.6) is 11.6 Å². The molecule has 2 aliphatic heterocycles. The molecule has 0 aliphatic carbocycles. The number of carboxylic acid groups (broad SMARTS) is 1. The van der Waals surface area contributed by atoms with Crippen molar-refractivity contribution in [2.75, 3.05) is 51.2 Å². The Morgan fingerprint density at radius 3 is 2.29 bits per heavy atom. The number of likely N-dealkylation sites (N-methyl/N-ethyl adjacent to an activating group) is 1. The summed E-state index contributed by atoms with van der Waals surface area (Å²) in [7, 11) is 2.12. The maximum atomic E-state index is 11.3. The van der Waals surface area contributed by atoms with Crippen molar-refractivity contribution >= 4 is 35.1 Å². The number of likely N-dealkylation sites (tertiary alicyclic amines) is 1. The molecule has 2 aliphatic rings.